The first-order valence-corrected chi connectivity index (χ1v) is 12.7. The molecule has 1 unspecified atom stereocenters. The molecule has 4 rings (SSSR count). The van der Waals surface area contributed by atoms with Gasteiger partial charge in [-0.2, -0.15) is 5.26 Å². The molecule has 0 aromatic heterocycles. The Morgan fingerprint density at radius 1 is 1.17 bits per heavy atom. The summed E-state index contributed by atoms with van der Waals surface area (Å²) in [5, 5.41) is 13.1. The van der Waals surface area contributed by atoms with Gasteiger partial charge in [0, 0.05) is 12.6 Å². The van der Waals surface area contributed by atoms with E-state index in [0.29, 0.717) is 31.9 Å². The second-order valence-electron chi connectivity index (χ2n) is 9.27. The summed E-state index contributed by atoms with van der Waals surface area (Å²) >= 11 is 0. The molecule has 2 aromatic carbocycles. The van der Waals surface area contributed by atoms with Crippen LogP contribution in [0, 0.1) is 11.3 Å². The number of carbonyl (C=O) groups is 1. The summed E-state index contributed by atoms with van der Waals surface area (Å²) in [6, 6.07) is 15.6. The third-order valence-corrected chi connectivity index (χ3v) is 6.97. The lowest BCUT2D eigenvalue weighted by Crippen LogP contribution is -2.51. The van der Waals surface area contributed by atoms with Gasteiger partial charge in [0.2, 0.25) is 5.91 Å². The Bertz CT molecular complexity index is 1070. The van der Waals surface area contributed by atoms with Crippen molar-refractivity contribution in [3.05, 3.63) is 48.0 Å². The van der Waals surface area contributed by atoms with Gasteiger partial charge in [0.25, 0.3) is 0 Å². The number of benzene rings is 2. The summed E-state index contributed by atoms with van der Waals surface area (Å²) < 4.78 is 22.3. The highest BCUT2D eigenvalue weighted by Gasteiger charge is 2.40. The van der Waals surface area contributed by atoms with E-state index >= 15 is 0 Å². The maximum Gasteiger partial charge on any atom is 0.223 e. The fraction of sp³-hybridized carbons (Fsp3) is 0.500. The highest BCUT2D eigenvalue weighted by molar-refractivity contribution is 5.76. The highest BCUT2D eigenvalue weighted by Crippen LogP contribution is 2.33. The lowest BCUT2D eigenvalue weighted by molar-refractivity contribution is -0.122. The second kappa shape index (κ2) is 12.0. The van der Waals surface area contributed by atoms with Crippen molar-refractivity contribution in [1.29, 1.82) is 5.26 Å². The van der Waals surface area contributed by atoms with Crippen LogP contribution in [0.5, 0.6) is 23.0 Å². The van der Waals surface area contributed by atoms with Gasteiger partial charge >= 0.3 is 0 Å². The van der Waals surface area contributed by atoms with Gasteiger partial charge in [-0.05, 0) is 74.2 Å². The number of carbonyl (C=O) groups excluding carboxylic acids is 1. The summed E-state index contributed by atoms with van der Waals surface area (Å²) in [5.74, 6) is 2.84. The topological polar surface area (TPSA) is 93.1 Å². The molecule has 2 heterocycles. The zero-order valence-corrected chi connectivity index (χ0v) is 21.1. The summed E-state index contributed by atoms with van der Waals surface area (Å²) in [6.07, 6.45) is 3.48. The predicted octanol–water partition coefficient (Wildman–Crippen LogP) is 3.73. The lowest BCUT2D eigenvalue weighted by atomic mass is 9.94. The van der Waals surface area contributed by atoms with Gasteiger partial charge in [-0.15, -0.1) is 0 Å². The smallest absolute Gasteiger partial charge is 0.223 e. The maximum atomic E-state index is 12.9. The predicted molar refractivity (Wildman–Crippen MR) is 136 cm³/mol. The Labute approximate surface area is 213 Å². The minimum Gasteiger partial charge on any atom is -0.497 e. The van der Waals surface area contributed by atoms with Gasteiger partial charge < -0.3 is 24.3 Å². The van der Waals surface area contributed by atoms with E-state index in [0.717, 1.165) is 48.6 Å². The van der Waals surface area contributed by atoms with E-state index in [-0.39, 0.29) is 25.0 Å². The molecule has 0 aliphatic carbocycles. The molecule has 8 nitrogen and oxygen atoms in total. The summed E-state index contributed by atoms with van der Waals surface area (Å²) in [7, 11) is 1.62. The number of amides is 1. The molecule has 2 aliphatic heterocycles. The number of hydrogen-bond donors (Lipinski definition) is 1. The molecule has 36 heavy (non-hydrogen) atoms. The first kappa shape index (κ1) is 25.6. The van der Waals surface area contributed by atoms with Gasteiger partial charge in [0.15, 0.2) is 11.5 Å². The van der Waals surface area contributed by atoms with Crippen LogP contribution in [0.25, 0.3) is 0 Å². The Hall–Kier alpha value is -3.44. The van der Waals surface area contributed by atoms with Crippen LogP contribution in [0.15, 0.2) is 42.5 Å². The Balaban J connectivity index is 1.40. The number of methoxy groups -OCH3 is 1. The van der Waals surface area contributed by atoms with Gasteiger partial charge in [-0.1, -0.05) is 13.0 Å². The van der Waals surface area contributed by atoms with E-state index < -0.39 is 5.54 Å². The number of fused-ring (bicyclic) bond motifs is 1. The van der Waals surface area contributed by atoms with E-state index in [9.17, 15) is 10.1 Å². The molecule has 1 saturated heterocycles. The number of nitrogens with one attached hydrogen (secondary N) is 1. The molecule has 1 N–H and O–H groups in total. The molecule has 0 radical (unpaired) electrons. The first-order valence-electron chi connectivity index (χ1n) is 12.7. The van der Waals surface area contributed by atoms with Crippen molar-refractivity contribution < 1.29 is 23.7 Å². The number of rotatable bonds is 11. The van der Waals surface area contributed by atoms with E-state index in [2.05, 4.69) is 23.2 Å². The van der Waals surface area contributed by atoms with Crippen LogP contribution in [0.4, 0.5) is 0 Å². The Morgan fingerprint density at radius 2 is 1.92 bits per heavy atom. The summed E-state index contributed by atoms with van der Waals surface area (Å²) in [6.45, 7) is 4.88. The molecule has 0 spiro atoms. The van der Waals surface area contributed by atoms with Crippen molar-refractivity contribution in [3.8, 4) is 29.1 Å². The second-order valence-corrected chi connectivity index (χ2v) is 9.27. The van der Waals surface area contributed by atoms with Crippen LogP contribution in [-0.2, 0) is 11.2 Å². The van der Waals surface area contributed by atoms with Gasteiger partial charge in [0.05, 0.1) is 26.2 Å². The molecule has 192 valence electrons. The summed E-state index contributed by atoms with van der Waals surface area (Å²) in [4.78, 5) is 15.1. The Morgan fingerprint density at radius 3 is 2.64 bits per heavy atom. The monoisotopic (exact) mass is 493 g/mol. The quantitative estimate of drug-likeness (QED) is 0.510. The third-order valence-electron chi connectivity index (χ3n) is 6.97. The van der Waals surface area contributed by atoms with Crippen LogP contribution < -0.4 is 24.3 Å². The van der Waals surface area contributed by atoms with Crippen molar-refractivity contribution in [2.24, 2.45) is 0 Å². The fourth-order valence-corrected chi connectivity index (χ4v) is 4.97. The van der Waals surface area contributed by atoms with Crippen molar-refractivity contribution >= 4 is 5.91 Å². The summed E-state index contributed by atoms with van der Waals surface area (Å²) in [5.41, 5.74) is 0.588. The van der Waals surface area contributed by atoms with Crippen molar-refractivity contribution in [2.45, 2.75) is 50.6 Å². The van der Waals surface area contributed by atoms with Crippen LogP contribution in [0.1, 0.15) is 38.2 Å². The zero-order chi connectivity index (χ0) is 25.4. The van der Waals surface area contributed by atoms with E-state index in [1.165, 1.54) is 0 Å². The average Bonchev–Trinajstić information content (AvgIpc) is 3.31. The van der Waals surface area contributed by atoms with Gasteiger partial charge in [-0.25, -0.2) is 0 Å². The average molecular weight is 494 g/mol. The number of ether oxygens (including phenoxy) is 4. The standard InChI is InChI=1S/C28H35N3O5/c1-3-28(20-29)12-4-13-31(28)19-22(17-21-5-10-25-26(18-21)36-16-15-35-25)30-27(32)11-14-34-24-8-6-23(33-2)7-9-24/h5-10,18,22H,3-4,11-17,19H2,1-2H3,(H,30,32)/t22-,28?/m0/s1. The minimum atomic E-state index is -0.465. The zero-order valence-electron chi connectivity index (χ0n) is 21.1. The van der Waals surface area contributed by atoms with E-state index in [4.69, 9.17) is 18.9 Å². The number of likely N-dealkylation sites (tertiary alicyclic amines) is 1. The van der Waals surface area contributed by atoms with Crippen LogP contribution in [-0.4, -0.2) is 62.4 Å². The molecule has 2 aromatic rings. The molecular weight excluding hydrogens is 458 g/mol. The molecular formula is C28H35N3O5. The molecule has 2 atom stereocenters. The lowest BCUT2D eigenvalue weighted by Gasteiger charge is -2.34. The van der Waals surface area contributed by atoms with Crippen molar-refractivity contribution in [2.75, 3.05) is 40.0 Å². The fourth-order valence-electron chi connectivity index (χ4n) is 4.97. The molecule has 1 fully saturated rings. The van der Waals surface area contributed by atoms with Crippen LogP contribution in [0.2, 0.25) is 0 Å². The normalized spacial score (nSPS) is 19.8. The van der Waals surface area contributed by atoms with Gasteiger partial charge in [-0.3, -0.25) is 9.69 Å². The van der Waals surface area contributed by atoms with Crippen molar-refractivity contribution in [3.63, 3.8) is 0 Å². The molecule has 0 bridgehead atoms. The number of hydrogen-bond acceptors (Lipinski definition) is 7. The van der Waals surface area contributed by atoms with Crippen LogP contribution in [0.3, 0.4) is 0 Å². The third kappa shape index (κ3) is 6.21. The SMILES string of the molecule is CCC1(C#N)CCCN1C[C@H](Cc1ccc2c(c1)OCCO2)NC(=O)CCOc1ccc(OC)cc1. The van der Waals surface area contributed by atoms with Gasteiger partial charge in [0.1, 0.15) is 30.3 Å². The molecule has 2 aliphatic rings. The van der Waals surface area contributed by atoms with E-state index in [1.54, 1.807) is 7.11 Å². The molecule has 1 amide bonds. The number of nitriles is 1. The first-order chi connectivity index (χ1) is 17.5. The minimum absolute atomic E-state index is 0.0793. The molecule has 8 heteroatoms. The van der Waals surface area contributed by atoms with Crippen LogP contribution >= 0.6 is 0 Å². The Kier molecular flexibility index (Phi) is 8.55. The number of nitrogens with zero attached hydrogens (tertiary/aromatic N) is 2. The van der Waals surface area contributed by atoms with E-state index in [1.807, 2.05) is 42.5 Å². The largest absolute Gasteiger partial charge is 0.497 e. The van der Waals surface area contributed by atoms with Crippen molar-refractivity contribution in [1.82, 2.24) is 10.2 Å². The highest BCUT2D eigenvalue weighted by atomic mass is 16.6. The maximum absolute atomic E-state index is 12.9. The molecule has 0 saturated carbocycles.